The number of likely N-dealkylation sites (tertiary alicyclic amines) is 1. The molecule has 2 aromatic rings. The van der Waals surface area contributed by atoms with Crippen LogP contribution in [-0.2, 0) is 6.42 Å². The molecule has 1 aliphatic rings. The number of hydrogen-bond donors (Lipinski definition) is 1. The third-order valence-electron chi connectivity index (χ3n) is 5.32. The highest BCUT2D eigenvalue weighted by molar-refractivity contribution is 5.35. The Morgan fingerprint density at radius 1 is 1.08 bits per heavy atom. The second-order valence-electron chi connectivity index (χ2n) is 7.67. The Kier molecular flexibility index (Phi) is 6.70. The number of β-amino-alcohol motifs (C(OH)–C–C–N with tert-alkyl or cyclic N) is 1. The number of piperidine rings is 1. The van der Waals surface area contributed by atoms with E-state index in [0.717, 1.165) is 30.3 Å². The van der Waals surface area contributed by atoms with Crippen LogP contribution in [0.15, 0.2) is 48.5 Å². The van der Waals surface area contributed by atoms with Gasteiger partial charge >= 0.3 is 0 Å². The number of benzene rings is 2. The Bertz CT molecular complexity index is 678. The second kappa shape index (κ2) is 9.20. The van der Waals surface area contributed by atoms with E-state index in [0.29, 0.717) is 13.2 Å². The van der Waals surface area contributed by atoms with Crippen LogP contribution < -0.4 is 4.74 Å². The van der Waals surface area contributed by atoms with Crippen LogP contribution in [0.5, 0.6) is 5.75 Å². The molecule has 1 saturated heterocycles. The van der Waals surface area contributed by atoms with Crippen molar-refractivity contribution in [1.29, 1.82) is 0 Å². The lowest BCUT2D eigenvalue weighted by atomic mass is 9.90. The maximum atomic E-state index is 10.4. The van der Waals surface area contributed by atoms with Gasteiger partial charge in [0.1, 0.15) is 18.5 Å². The van der Waals surface area contributed by atoms with Gasteiger partial charge in [-0.25, -0.2) is 0 Å². The zero-order valence-electron chi connectivity index (χ0n) is 16.0. The van der Waals surface area contributed by atoms with Crippen molar-refractivity contribution >= 4 is 0 Å². The van der Waals surface area contributed by atoms with Gasteiger partial charge in [0.15, 0.2) is 0 Å². The molecule has 140 valence electrons. The minimum Gasteiger partial charge on any atom is -0.491 e. The second-order valence-corrected chi connectivity index (χ2v) is 7.67. The van der Waals surface area contributed by atoms with Gasteiger partial charge in [-0.05, 0) is 74.9 Å². The molecule has 1 aliphatic heterocycles. The molecule has 0 spiro atoms. The summed E-state index contributed by atoms with van der Waals surface area (Å²) in [5.41, 5.74) is 3.73. The lowest BCUT2D eigenvalue weighted by molar-refractivity contribution is 0.0548. The molecule has 1 fully saturated rings. The Morgan fingerprint density at radius 2 is 1.81 bits per heavy atom. The van der Waals surface area contributed by atoms with Crippen LogP contribution >= 0.6 is 0 Å². The zero-order valence-corrected chi connectivity index (χ0v) is 16.0. The van der Waals surface area contributed by atoms with Gasteiger partial charge in [0.2, 0.25) is 0 Å². The van der Waals surface area contributed by atoms with Crippen molar-refractivity contribution in [2.75, 3.05) is 26.2 Å². The molecule has 3 rings (SSSR count). The molecule has 1 N–H and O–H groups in total. The lowest BCUT2D eigenvalue weighted by Crippen LogP contribution is -2.41. The quantitative estimate of drug-likeness (QED) is 0.817. The molecule has 0 saturated carbocycles. The maximum Gasteiger partial charge on any atom is 0.122 e. The molecule has 2 aromatic carbocycles. The summed E-state index contributed by atoms with van der Waals surface area (Å²) in [6.07, 6.45) is 3.15. The summed E-state index contributed by atoms with van der Waals surface area (Å²) in [6, 6.07) is 17.0. The van der Waals surface area contributed by atoms with E-state index in [1.54, 1.807) is 0 Å². The molecule has 3 nitrogen and oxygen atoms in total. The van der Waals surface area contributed by atoms with Crippen molar-refractivity contribution in [2.24, 2.45) is 5.92 Å². The fourth-order valence-corrected chi connectivity index (χ4v) is 3.72. The van der Waals surface area contributed by atoms with Gasteiger partial charge in [0.05, 0.1) is 0 Å². The van der Waals surface area contributed by atoms with Crippen molar-refractivity contribution < 1.29 is 9.84 Å². The molecule has 0 amide bonds. The molecule has 1 atom stereocenters. The van der Waals surface area contributed by atoms with Gasteiger partial charge in [0.25, 0.3) is 0 Å². The van der Waals surface area contributed by atoms with Crippen LogP contribution in [0.3, 0.4) is 0 Å². The van der Waals surface area contributed by atoms with E-state index >= 15 is 0 Å². The van der Waals surface area contributed by atoms with Gasteiger partial charge in [-0.1, -0.05) is 42.5 Å². The molecule has 0 unspecified atom stereocenters. The number of aryl methyl sites for hydroxylation is 2. The van der Waals surface area contributed by atoms with Crippen molar-refractivity contribution in [1.82, 2.24) is 4.90 Å². The van der Waals surface area contributed by atoms with Crippen LogP contribution in [0.25, 0.3) is 0 Å². The van der Waals surface area contributed by atoms with Crippen molar-refractivity contribution in [3.8, 4) is 5.75 Å². The minimum atomic E-state index is -0.444. The van der Waals surface area contributed by atoms with Crippen LogP contribution in [0.2, 0.25) is 0 Å². The molecule has 26 heavy (non-hydrogen) atoms. The fraction of sp³-hybridized carbons (Fsp3) is 0.478. The van der Waals surface area contributed by atoms with Crippen molar-refractivity contribution in [3.05, 3.63) is 65.2 Å². The van der Waals surface area contributed by atoms with Gasteiger partial charge < -0.3 is 14.7 Å². The molecule has 0 bridgehead atoms. The highest BCUT2D eigenvalue weighted by Gasteiger charge is 2.21. The largest absolute Gasteiger partial charge is 0.491 e. The fourth-order valence-electron chi connectivity index (χ4n) is 3.72. The van der Waals surface area contributed by atoms with E-state index in [1.165, 1.54) is 30.4 Å². The van der Waals surface area contributed by atoms with Gasteiger partial charge in [0, 0.05) is 6.54 Å². The average Bonchev–Trinajstić information content (AvgIpc) is 2.65. The predicted octanol–water partition coefficient (Wildman–Crippen LogP) is 4.00. The number of nitrogens with zero attached hydrogens (tertiary/aromatic N) is 1. The molecule has 3 heteroatoms. The summed E-state index contributed by atoms with van der Waals surface area (Å²) in [5, 5.41) is 10.4. The van der Waals surface area contributed by atoms with E-state index in [2.05, 4.69) is 54.3 Å². The number of aliphatic hydroxyl groups excluding tert-OH is 1. The van der Waals surface area contributed by atoms with Gasteiger partial charge in [-0.3, -0.25) is 0 Å². The first-order chi connectivity index (χ1) is 12.6. The maximum absolute atomic E-state index is 10.4. The molecule has 0 aromatic heterocycles. The number of ether oxygens (including phenoxy) is 1. The number of aliphatic hydroxyl groups is 1. The monoisotopic (exact) mass is 353 g/mol. The van der Waals surface area contributed by atoms with E-state index in [4.69, 9.17) is 4.74 Å². The molecule has 1 heterocycles. The highest BCUT2D eigenvalue weighted by atomic mass is 16.5. The summed E-state index contributed by atoms with van der Waals surface area (Å²) in [5.74, 6) is 1.64. The lowest BCUT2D eigenvalue weighted by Gasteiger charge is -2.33. The normalized spacial score (nSPS) is 17.2. The Labute approximate surface area is 157 Å². The minimum absolute atomic E-state index is 0.355. The van der Waals surface area contributed by atoms with Gasteiger partial charge in [-0.2, -0.15) is 0 Å². The summed E-state index contributed by atoms with van der Waals surface area (Å²) in [6.45, 7) is 7.29. The van der Waals surface area contributed by atoms with E-state index in [9.17, 15) is 5.11 Å². The average molecular weight is 354 g/mol. The van der Waals surface area contributed by atoms with E-state index in [1.807, 2.05) is 13.0 Å². The highest BCUT2D eigenvalue weighted by Crippen LogP contribution is 2.22. The van der Waals surface area contributed by atoms with E-state index < -0.39 is 6.10 Å². The van der Waals surface area contributed by atoms with Crippen LogP contribution in [-0.4, -0.2) is 42.4 Å². The molecular weight excluding hydrogens is 322 g/mol. The standard InChI is InChI=1S/C23H31NO2/c1-18-8-9-19(2)23(14-18)26-17-22(25)16-24-12-10-21(11-13-24)15-20-6-4-3-5-7-20/h3-9,14,21-22,25H,10-13,15-17H2,1-2H3/t22-/m1/s1. The molecule has 0 aliphatic carbocycles. The van der Waals surface area contributed by atoms with Crippen LogP contribution in [0, 0.1) is 19.8 Å². The Balaban J connectivity index is 1.39. The van der Waals surface area contributed by atoms with Gasteiger partial charge in [-0.15, -0.1) is 0 Å². The first kappa shape index (κ1) is 18.9. The van der Waals surface area contributed by atoms with Crippen molar-refractivity contribution in [2.45, 2.75) is 39.2 Å². The van der Waals surface area contributed by atoms with E-state index in [-0.39, 0.29) is 0 Å². The summed E-state index contributed by atoms with van der Waals surface area (Å²) in [4.78, 5) is 2.37. The third kappa shape index (κ3) is 5.58. The number of hydrogen-bond acceptors (Lipinski definition) is 3. The summed E-state index contributed by atoms with van der Waals surface area (Å²) in [7, 11) is 0. The number of rotatable bonds is 7. The molecular formula is C23H31NO2. The first-order valence-electron chi connectivity index (χ1n) is 9.74. The predicted molar refractivity (Wildman–Crippen MR) is 107 cm³/mol. The SMILES string of the molecule is Cc1ccc(C)c(OC[C@H](O)CN2CCC(Cc3ccccc3)CC2)c1. The van der Waals surface area contributed by atoms with Crippen molar-refractivity contribution in [3.63, 3.8) is 0 Å². The summed E-state index contributed by atoms with van der Waals surface area (Å²) < 4.78 is 5.84. The molecule has 0 radical (unpaired) electrons. The van der Waals surface area contributed by atoms with Crippen LogP contribution in [0.1, 0.15) is 29.5 Å². The zero-order chi connectivity index (χ0) is 18.4. The first-order valence-corrected chi connectivity index (χ1v) is 9.74. The Hall–Kier alpha value is -1.84. The van der Waals surface area contributed by atoms with Crippen LogP contribution in [0.4, 0.5) is 0 Å². The topological polar surface area (TPSA) is 32.7 Å². The summed E-state index contributed by atoms with van der Waals surface area (Å²) >= 11 is 0. The smallest absolute Gasteiger partial charge is 0.122 e. The Morgan fingerprint density at radius 3 is 2.54 bits per heavy atom. The third-order valence-corrected chi connectivity index (χ3v) is 5.32.